The van der Waals surface area contributed by atoms with E-state index in [0.29, 0.717) is 6.04 Å². The summed E-state index contributed by atoms with van der Waals surface area (Å²) in [7, 11) is 3.77. The summed E-state index contributed by atoms with van der Waals surface area (Å²) in [6.45, 7) is 11.0. The average Bonchev–Trinajstić information content (AvgIpc) is 2.33. The zero-order chi connectivity index (χ0) is 12.4. The Balaban J connectivity index is 4.05. The lowest BCUT2D eigenvalue weighted by Gasteiger charge is -2.28. The van der Waals surface area contributed by atoms with Crippen LogP contribution in [0.15, 0.2) is 0 Å². The van der Waals surface area contributed by atoms with Crippen LogP contribution in [0, 0.1) is 5.92 Å². The van der Waals surface area contributed by atoms with Crippen LogP contribution in [-0.2, 0) is 4.74 Å². The van der Waals surface area contributed by atoms with Crippen LogP contribution >= 0.6 is 0 Å². The highest BCUT2D eigenvalue weighted by molar-refractivity contribution is 4.71. The van der Waals surface area contributed by atoms with E-state index in [9.17, 15) is 0 Å². The second-order valence-electron chi connectivity index (χ2n) is 4.48. The summed E-state index contributed by atoms with van der Waals surface area (Å²) in [5.74, 6) is 0.833. The molecule has 0 aromatic carbocycles. The lowest BCUT2D eigenvalue weighted by atomic mass is 10.0. The molecule has 0 aliphatic rings. The molecule has 0 heterocycles. The Labute approximate surface area is 102 Å². The number of rotatable bonds is 10. The fourth-order valence-corrected chi connectivity index (χ4v) is 1.98. The van der Waals surface area contributed by atoms with E-state index in [1.807, 2.05) is 7.05 Å². The maximum atomic E-state index is 5.21. The fourth-order valence-electron chi connectivity index (χ4n) is 1.98. The van der Waals surface area contributed by atoms with Crippen molar-refractivity contribution in [2.45, 2.75) is 39.7 Å². The van der Waals surface area contributed by atoms with Crippen LogP contribution in [0.2, 0.25) is 0 Å². The molecule has 0 rings (SSSR count). The quantitative estimate of drug-likeness (QED) is 0.621. The smallest absolute Gasteiger partial charge is 0.0628 e. The van der Waals surface area contributed by atoms with Gasteiger partial charge in [0.15, 0.2) is 0 Å². The summed E-state index contributed by atoms with van der Waals surface area (Å²) in [4.78, 5) is 2.53. The minimum absolute atomic E-state index is 0.444. The first-order valence-electron chi connectivity index (χ1n) is 6.60. The molecule has 0 aliphatic heterocycles. The van der Waals surface area contributed by atoms with Crippen molar-refractivity contribution >= 4 is 0 Å². The summed E-state index contributed by atoms with van der Waals surface area (Å²) in [6, 6.07) is 0.444. The van der Waals surface area contributed by atoms with Crippen molar-refractivity contribution in [2.24, 2.45) is 5.92 Å². The third kappa shape index (κ3) is 6.46. The van der Waals surface area contributed by atoms with E-state index in [-0.39, 0.29) is 0 Å². The molecule has 1 atom stereocenters. The van der Waals surface area contributed by atoms with Gasteiger partial charge in [-0.05, 0) is 19.5 Å². The normalized spacial score (nSPS) is 13.7. The number of hydrogen-bond acceptors (Lipinski definition) is 3. The van der Waals surface area contributed by atoms with Crippen LogP contribution in [0.5, 0.6) is 0 Å². The minimum Gasteiger partial charge on any atom is -0.383 e. The number of hydrogen-bond donors (Lipinski definition) is 1. The highest BCUT2D eigenvalue weighted by Gasteiger charge is 2.14. The molecule has 0 aromatic heterocycles. The zero-order valence-electron chi connectivity index (χ0n) is 11.8. The molecular weight excluding hydrogens is 200 g/mol. The van der Waals surface area contributed by atoms with E-state index >= 15 is 0 Å². The summed E-state index contributed by atoms with van der Waals surface area (Å²) in [6.07, 6.45) is 2.56. The molecule has 3 nitrogen and oxygen atoms in total. The number of nitrogens with one attached hydrogen (secondary N) is 1. The van der Waals surface area contributed by atoms with E-state index in [2.05, 4.69) is 31.0 Å². The highest BCUT2D eigenvalue weighted by atomic mass is 16.5. The van der Waals surface area contributed by atoms with Gasteiger partial charge in [-0.2, -0.15) is 0 Å². The molecule has 0 aromatic rings. The first-order valence-corrected chi connectivity index (χ1v) is 6.60. The van der Waals surface area contributed by atoms with Crippen LogP contribution in [0.4, 0.5) is 0 Å². The third-order valence-corrected chi connectivity index (χ3v) is 3.37. The molecule has 0 aliphatic carbocycles. The third-order valence-electron chi connectivity index (χ3n) is 3.37. The molecule has 0 bridgehead atoms. The first-order chi connectivity index (χ1) is 7.71. The van der Waals surface area contributed by atoms with E-state index in [1.54, 1.807) is 7.11 Å². The summed E-state index contributed by atoms with van der Waals surface area (Å²) >= 11 is 0. The highest BCUT2D eigenvalue weighted by Crippen LogP contribution is 2.10. The van der Waals surface area contributed by atoms with Gasteiger partial charge in [0.2, 0.25) is 0 Å². The van der Waals surface area contributed by atoms with Crippen LogP contribution in [0.1, 0.15) is 33.6 Å². The van der Waals surface area contributed by atoms with Crippen molar-refractivity contribution in [1.82, 2.24) is 10.2 Å². The standard InChI is InChI=1S/C13H30N2O/c1-6-12(7-2)9-15(8-3)10-13(14-4)11-16-5/h12-14H,6-11H2,1-5H3. The van der Waals surface area contributed by atoms with Gasteiger partial charge in [0.1, 0.15) is 0 Å². The van der Waals surface area contributed by atoms with Gasteiger partial charge < -0.3 is 15.0 Å². The van der Waals surface area contributed by atoms with Crippen LogP contribution in [0.3, 0.4) is 0 Å². The van der Waals surface area contributed by atoms with Crippen molar-refractivity contribution in [3.63, 3.8) is 0 Å². The van der Waals surface area contributed by atoms with Gasteiger partial charge in [0, 0.05) is 26.2 Å². The molecule has 0 fully saturated rings. The Hall–Kier alpha value is -0.120. The zero-order valence-corrected chi connectivity index (χ0v) is 11.8. The molecule has 0 radical (unpaired) electrons. The molecule has 0 saturated heterocycles. The second kappa shape index (κ2) is 10.1. The van der Waals surface area contributed by atoms with E-state index < -0.39 is 0 Å². The number of nitrogens with zero attached hydrogens (tertiary/aromatic N) is 1. The molecule has 3 heteroatoms. The van der Waals surface area contributed by atoms with Gasteiger partial charge in [-0.25, -0.2) is 0 Å². The van der Waals surface area contributed by atoms with Crippen molar-refractivity contribution in [3.05, 3.63) is 0 Å². The second-order valence-corrected chi connectivity index (χ2v) is 4.48. The minimum atomic E-state index is 0.444. The largest absolute Gasteiger partial charge is 0.383 e. The Morgan fingerprint density at radius 1 is 1.12 bits per heavy atom. The number of methoxy groups -OCH3 is 1. The van der Waals surface area contributed by atoms with Crippen molar-refractivity contribution in [2.75, 3.05) is 40.4 Å². The van der Waals surface area contributed by atoms with Crippen LogP contribution < -0.4 is 5.32 Å². The van der Waals surface area contributed by atoms with Gasteiger partial charge in [0.05, 0.1) is 6.61 Å². The van der Waals surface area contributed by atoms with Gasteiger partial charge in [-0.3, -0.25) is 0 Å². The Morgan fingerprint density at radius 2 is 1.75 bits per heavy atom. The number of ether oxygens (including phenoxy) is 1. The summed E-state index contributed by atoms with van der Waals surface area (Å²) < 4.78 is 5.21. The predicted octanol–water partition coefficient (Wildman–Crippen LogP) is 1.98. The molecular formula is C13H30N2O. The summed E-state index contributed by atoms with van der Waals surface area (Å²) in [5.41, 5.74) is 0. The topological polar surface area (TPSA) is 24.5 Å². The van der Waals surface area contributed by atoms with Crippen LogP contribution in [-0.4, -0.2) is 51.3 Å². The van der Waals surface area contributed by atoms with Crippen molar-refractivity contribution in [3.8, 4) is 0 Å². The fraction of sp³-hybridized carbons (Fsp3) is 1.00. The lowest BCUT2D eigenvalue weighted by molar-refractivity contribution is 0.135. The van der Waals surface area contributed by atoms with E-state index in [0.717, 1.165) is 25.6 Å². The van der Waals surface area contributed by atoms with Crippen LogP contribution in [0.25, 0.3) is 0 Å². The molecule has 1 unspecified atom stereocenters. The maximum Gasteiger partial charge on any atom is 0.0628 e. The molecule has 98 valence electrons. The number of likely N-dealkylation sites (N-methyl/N-ethyl adjacent to an activating group) is 2. The molecule has 0 amide bonds. The maximum absolute atomic E-state index is 5.21. The Morgan fingerprint density at radius 3 is 2.12 bits per heavy atom. The van der Waals surface area contributed by atoms with Crippen molar-refractivity contribution < 1.29 is 4.74 Å². The molecule has 16 heavy (non-hydrogen) atoms. The Bertz CT molecular complexity index is 149. The molecule has 1 N–H and O–H groups in total. The SMILES string of the molecule is CCC(CC)CN(CC)CC(COC)NC. The van der Waals surface area contributed by atoms with Gasteiger partial charge in [0.25, 0.3) is 0 Å². The first kappa shape index (κ1) is 15.9. The molecule has 0 saturated carbocycles. The van der Waals surface area contributed by atoms with Gasteiger partial charge in [-0.15, -0.1) is 0 Å². The van der Waals surface area contributed by atoms with Gasteiger partial charge >= 0.3 is 0 Å². The van der Waals surface area contributed by atoms with Gasteiger partial charge in [-0.1, -0.05) is 33.6 Å². The molecule has 0 spiro atoms. The summed E-state index contributed by atoms with van der Waals surface area (Å²) in [5, 5.41) is 3.31. The van der Waals surface area contributed by atoms with E-state index in [1.165, 1.54) is 19.4 Å². The van der Waals surface area contributed by atoms with E-state index in [4.69, 9.17) is 4.74 Å². The lowest BCUT2D eigenvalue weighted by Crippen LogP contribution is -2.43. The average molecular weight is 230 g/mol. The predicted molar refractivity (Wildman–Crippen MR) is 70.9 cm³/mol. The van der Waals surface area contributed by atoms with Crippen molar-refractivity contribution in [1.29, 1.82) is 0 Å². The Kier molecular flexibility index (Phi) is 9.99. The monoisotopic (exact) mass is 230 g/mol.